The lowest BCUT2D eigenvalue weighted by Gasteiger charge is -2.11. The fourth-order valence-electron chi connectivity index (χ4n) is 1.88. The second-order valence-corrected chi connectivity index (χ2v) is 6.54. The van der Waals surface area contributed by atoms with Crippen LogP contribution in [0, 0.1) is 0 Å². The van der Waals surface area contributed by atoms with Crippen molar-refractivity contribution in [2.75, 3.05) is 0 Å². The Morgan fingerprint density at radius 2 is 1.95 bits per heavy atom. The van der Waals surface area contributed by atoms with Gasteiger partial charge in [-0.15, -0.1) is 0 Å². The monoisotopic (exact) mass is 367 g/mol. The van der Waals surface area contributed by atoms with Crippen molar-refractivity contribution in [3.05, 3.63) is 63.1 Å². The molecule has 4 heteroatoms. The number of halogens is 2. The molecule has 0 saturated heterocycles. The van der Waals surface area contributed by atoms with Crippen molar-refractivity contribution in [2.45, 2.75) is 33.0 Å². The summed E-state index contributed by atoms with van der Waals surface area (Å²) in [5.74, 6) is 0.713. The van der Waals surface area contributed by atoms with Crippen LogP contribution in [0.1, 0.15) is 25.0 Å². The Kier molecular flexibility index (Phi) is 6.09. The van der Waals surface area contributed by atoms with Crippen LogP contribution in [-0.4, -0.2) is 6.04 Å². The van der Waals surface area contributed by atoms with Crippen LogP contribution in [0.4, 0.5) is 0 Å². The zero-order chi connectivity index (χ0) is 15.2. The van der Waals surface area contributed by atoms with Gasteiger partial charge in [-0.05, 0) is 35.4 Å². The Hall–Kier alpha value is -1.03. The highest BCUT2D eigenvalue weighted by molar-refractivity contribution is 9.10. The van der Waals surface area contributed by atoms with E-state index in [0.717, 1.165) is 22.1 Å². The number of rotatable bonds is 6. The van der Waals surface area contributed by atoms with Crippen LogP contribution < -0.4 is 10.1 Å². The van der Waals surface area contributed by atoms with Crippen molar-refractivity contribution in [2.24, 2.45) is 0 Å². The van der Waals surface area contributed by atoms with Gasteiger partial charge >= 0.3 is 0 Å². The van der Waals surface area contributed by atoms with Crippen molar-refractivity contribution < 1.29 is 4.74 Å². The van der Waals surface area contributed by atoms with Gasteiger partial charge in [0.2, 0.25) is 0 Å². The Balaban J connectivity index is 1.97. The van der Waals surface area contributed by atoms with Gasteiger partial charge in [0.05, 0.1) is 5.02 Å². The van der Waals surface area contributed by atoms with E-state index in [1.165, 1.54) is 0 Å². The normalized spacial score (nSPS) is 10.9. The van der Waals surface area contributed by atoms with Crippen molar-refractivity contribution in [1.29, 1.82) is 0 Å². The lowest BCUT2D eigenvalue weighted by atomic mass is 10.2. The molecule has 0 aliphatic carbocycles. The highest BCUT2D eigenvalue weighted by Gasteiger charge is 2.04. The molecule has 0 fully saturated rings. The average Bonchev–Trinajstić information content (AvgIpc) is 2.44. The third kappa shape index (κ3) is 5.34. The van der Waals surface area contributed by atoms with Crippen molar-refractivity contribution >= 4 is 27.5 Å². The molecule has 0 amide bonds. The SMILES string of the molecule is CC(C)NCc1ccc(OCc2cccc(Br)c2)c(Cl)c1. The Bertz CT molecular complexity index is 601. The molecule has 0 aliphatic heterocycles. The highest BCUT2D eigenvalue weighted by Crippen LogP contribution is 2.26. The lowest BCUT2D eigenvalue weighted by molar-refractivity contribution is 0.306. The van der Waals surface area contributed by atoms with Crippen LogP contribution in [-0.2, 0) is 13.2 Å². The van der Waals surface area contributed by atoms with Crippen molar-refractivity contribution in [1.82, 2.24) is 5.32 Å². The molecule has 0 aromatic heterocycles. The van der Waals surface area contributed by atoms with E-state index in [-0.39, 0.29) is 0 Å². The van der Waals surface area contributed by atoms with Crippen LogP contribution in [0.25, 0.3) is 0 Å². The number of ether oxygens (including phenoxy) is 1. The van der Waals surface area contributed by atoms with Crippen molar-refractivity contribution in [3.63, 3.8) is 0 Å². The Morgan fingerprint density at radius 1 is 1.14 bits per heavy atom. The molecule has 21 heavy (non-hydrogen) atoms. The fraction of sp³-hybridized carbons (Fsp3) is 0.294. The van der Waals surface area contributed by atoms with E-state index in [1.54, 1.807) is 0 Å². The third-order valence-electron chi connectivity index (χ3n) is 2.99. The largest absolute Gasteiger partial charge is 0.487 e. The van der Waals surface area contributed by atoms with Crippen LogP contribution in [0.2, 0.25) is 5.02 Å². The number of benzene rings is 2. The van der Waals surface area contributed by atoms with E-state index in [9.17, 15) is 0 Å². The molecule has 0 saturated carbocycles. The first kappa shape index (κ1) is 16.3. The molecule has 112 valence electrons. The summed E-state index contributed by atoms with van der Waals surface area (Å²) in [6, 6.07) is 14.4. The second kappa shape index (κ2) is 7.83. The van der Waals surface area contributed by atoms with Gasteiger partial charge in [0.25, 0.3) is 0 Å². The van der Waals surface area contributed by atoms with E-state index < -0.39 is 0 Å². The standard InChI is InChI=1S/C17H19BrClNO/c1-12(2)20-10-13-6-7-17(16(19)9-13)21-11-14-4-3-5-15(18)8-14/h3-9,12,20H,10-11H2,1-2H3. The van der Waals surface area contributed by atoms with Gasteiger partial charge in [-0.1, -0.05) is 59.6 Å². The van der Waals surface area contributed by atoms with Gasteiger partial charge in [0, 0.05) is 17.1 Å². The minimum absolute atomic E-state index is 0.455. The van der Waals surface area contributed by atoms with Crippen LogP contribution in [0.15, 0.2) is 46.9 Å². The van der Waals surface area contributed by atoms with E-state index in [4.69, 9.17) is 16.3 Å². The topological polar surface area (TPSA) is 21.3 Å². The lowest BCUT2D eigenvalue weighted by Crippen LogP contribution is -2.21. The van der Waals surface area contributed by atoms with Gasteiger partial charge in [0.15, 0.2) is 0 Å². The quantitative estimate of drug-likeness (QED) is 0.758. The minimum Gasteiger partial charge on any atom is -0.487 e. The van der Waals surface area contributed by atoms with Gasteiger partial charge in [0.1, 0.15) is 12.4 Å². The summed E-state index contributed by atoms with van der Waals surface area (Å²) in [5.41, 5.74) is 2.26. The molecule has 0 radical (unpaired) electrons. The van der Waals surface area contributed by atoms with Gasteiger partial charge in [-0.2, -0.15) is 0 Å². The molecule has 0 unspecified atom stereocenters. The minimum atomic E-state index is 0.455. The van der Waals surface area contributed by atoms with Gasteiger partial charge in [-0.3, -0.25) is 0 Å². The van der Waals surface area contributed by atoms with Gasteiger partial charge in [-0.25, -0.2) is 0 Å². The first-order valence-electron chi connectivity index (χ1n) is 6.93. The van der Waals surface area contributed by atoms with E-state index in [2.05, 4.69) is 35.1 Å². The maximum Gasteiger partial charge on any atom is 0.138 e. The predicted molar refractivity (Wildman–Crippen MR) is 91.9 cm³/mol. The van der Waals surface area contributed by atoms with Crippen LogP contribution >= 0.6 is 27.5 Å². The molecule has 0 heterocycles. The molecule has 1 N–H and O–H groups in total. The van der Waals surface area contributed by atoms with Crippen molar-refractivity contribution in [3.8, 4) is 5.75 Å². The van der Waals surface area contributed by atoms with Crippen LogP contribution in [0.3, 0.4) is 0 Å². The Labute approximate surface area is 139 Å². The molecule has 0 bridgehead atoms. The molecule has 2 aromatic rings. The maximum atomic E-state index is 6.28. The summed E-state index contributed by atoms with van der Waals surface area (Å²) in [4.78, 5) is 0. The van der Waals surface area contributed by atoms with Crippen LogP contribution in [0.5, 0.6) is 5.75 Å². The molecule has 2 aromatic carbocycles. The summed E-state index contributed by atoms with van der Waals surface area (Å²) in [7, 11) is 0. The molecule has 0 atom stereocenters. The molecular weight excluding hydrogens is 350 g/mol. The summed E-state index contributed by atoms with van der Waals surface area (Å²) in [6.07, 6.45) is 0. The maximum absolute atomic E-state index is 6.28. The first-order valence-corrected chi connectivity index (χ1v) is 8.11. The second-order valence-electron chi connectivity index (χ2n) is 5.22. The molecule has 2 nitrogen and oxygen atoms in total. The zero-order valence-corrected chi connectivity index (χ0v) is 14.5. The predicted octanol–water partition coefficient (Wildman–Crippen LogP) is 5.18. The molecule has 2 rings (SSSR count). The molecule has 0 aliphatic rings. The highest BCUT2D eigenvalue weighted by atomic mass is 79.9. The summed E-state index contributed by atoms with van der Waals surface area (Å²) in [6.45, 7) is 5.56. The first-order chi connectivity index (χ1) is 10.0. The number of hydrogen-bond donors (Lipinski definition) is 1. The number of hydrogen-bond acceptors (Lipinski definition) is 2. The van der Waals surface area contributed by atoms with E-state index in [1.807, 2.05) is 42.5 Å². The summed E-state index contributed by atoms with van der Waals surface area (Å²) >= 11 is 9.73. The summed E-state index contributed by atoms with van der Waals surface area (Å²) in [5, 5.41) is 4.01. The average molecular weight is 369 g/mol. The Morgan fingerprint density at radius 3 is 2.62 bits per heavy atom. The van der Waals surface area contributed by atoms with E-state index >= 15 is 0 Å². The smallest absolute Gasteiger partial charge is 0.138 e. The fourth-order valence-corrected chi connectivity index (χ4v) is 2.59. The zero-order valence-electron chi connectivity index (χ0n) is 12.2. The number of nitrogens with one attached hydrogen (secondary N) is 1. The summed E-state index contributed by atoms with van der Waals surface area (Å²) < 4.78 is 6.83. The van der Waals surface area contributed by atoms with Gasteiger partial charge < -0.3 is 10.1 Å². The third-order valence-corrected chi connectivity index (χ3v) is 3.78. The molecular formula is C17H19BrClNO. The van der Waals surface area contributed by atoms with E-state index in [0.29, 0.717) is 23.4 Å². The molecule has 0 spiro atoms.